The average Bonchev–Trinajstić information content (AvgIpc) is 3.49. The number of Topliss-reactive ketones (excluding diaryl/α,β-unsaturated/α-hetero) is 1. The van der Waals surface area contributed by atoms with E-state index in [0.717, 1.165) is 68.0 Å². The van der Waals surface area contributed by atoms with Crippen molar-refractivity contribution in [3.63, 3.8) is 0 Å². The Labute approximate surface area is 289 Å². The van der Waals surface area contributed by atoms with Gasteiger partial charge in [-0.25, -0.2) is 0 Å². The van der Waals surface area contributed by atoms with Crippen LogP contribution in [0.25, 0.3) is 10.9 Å². The number of rotatable bonds is 16. The monoisotopic (exact) mass is 663 g/mol. The Morgan fingerprint density at radius 2 is 1.59 bits per heavy atom. The summed E-state index contributed by atoms with van der Waals surface area (Å²) in [6.45, 7) is 5.29. The largest absolute Gasteiger partial charge is 0.427 e. The molecule has 1 aliphatic carbocycles. The molecule has 0 atom stereocenters. The minimum atomic E-state index is -0.239. The van der Waals surface area contributed by atoms with Crippen molar-refractivity contribution >= 4 is 40.2 Å². The van der Waals surface area contributed by atoms with Gasteiger partial charge in [0.05, 0.1) is 5.69 Å². The third kappa shape index (κ3) is 9.68. The van der Waals surface area contributed by atoms with Crippen LogP contribution in [0.15, 0.2) is 84.9 Å². The van der Waals surface area contributed by atoms with Gasteiger partial charge in [-0.2, -0.15) is 0 Å². The summed E-state index contributed by atoms with van der Waals surface area (Å²) in [5.41, 5.74) is 3.50. The predicted octanol–water partition coefficient (Wildman–Crippen LogP) is 7.92. The molecule has 1 aromatic heterocycles. The number of fused-ring (bicyclic) bond motifs is 1. The fourth-order valence-corrected chi connectivity index (χ4v) is 6.87. The average molecular weight is 664 g/mol. The highest BCUT2D eigenvalue weighted by Crippen LogP contribution is 2.33. The maximum atomic E-state index is 13.8. The lowest BCUT2D eigenvalue weighted by Gasteiger charge is -2.27. The SMILES string of the molecule is CCc1cccc(N(CC)C(=O)Cn2c(C(=O)CC3CCC(C(=O)NCCCCCC(=O)Oc4ccccc4)CC3)cc3ccccc32)c1. The minimum Gasteiger partial charge on any atom is -0.427 e. The van der Waals surface area contributed by atoms with Gasteiger partial charge >= 0.3 is 5.97 Å². The molecule has 1 heterocycles. The topological polar surface area (TPSA) is 97.7 Å². The molecular weight excluding hydrogens is 614 g/mol. The number of ether oxygens (including phenoxy) is 1. The van der Waals surface area contributed by atoms with Gasteiger partial charge < -0.3 is 19.5 Å². The van der Waals surface area contributed by atoms with Gasteiger partial charge in [0.25, 0.3) is 0 Å². The number of para-hydroxylation sites is 2. The molecule has 49 heavy (non-hydrogen) atoms. The number of carbonyl (C=O) groups is 4. The number of aromatic nitrogens is 1. The summed E-state index contributed by atoms with van der Waals surface area (Å²) in [4.78, 5) is 54.2. The standard InChI is InChI=1S/C41H49N3O5/c1-3-30-14-13-16-34(26-30)43(4-2)39(46)29-44-36-19-11-10-15-33(36)28-37(44)38(45)27-31-21-23-32(24-22-31)41(48)42-25-12-6-9-20-40(47)49-35-17-7-5-8-18-35/h5,7-8,10-11,13-19,26,28,31-32H,3-4,6,9,12,20-25,27,29H2,1-2H3,(H,42,48). The first-order chi connectivity index (χ1) is 23.9. The Morgan fingerprint density at radius 3 is 2.35 bits per heavy atom. The highest BCUT2D eigenvalue weighted by Gasteiger charge is 2.29. The van der Waals surface area contributed by atoms with Crippen molar-refractivity contribution in [2.24, 2.45) is 11.8 Å². The van der Waals surface area contributed by atoms with Crippen LogP contribution in [0.4, 0.5) is 5.69 Å². The first-order valence-corrected chi connectivity index (χ1v) is 17.9. The fourth-order valence-electron chi connectivity index (χ4n) is 6.87. The molecule has 258 valence electrons. The number of anilines is 1. The van der Waals surface area contributed by atoms with Crippen LogP contribution in [0, 0.1) is 11.8 Å². The van der Waals surface area contributed by atoms with Gasteiger partial charge in [-0.3, -0.25) is 19.2 Å². The Hall–Kier alpha value is -4.72. The highest BCUT2D eigenvalue weighted by atomic mass is 16.5. The maximum Gasteiger partial charge on any atom is 0.311 e. The Bertz CT molecular complexity index is 1720. The molecule has 5 rings (SSSR count). The van der Waals surface area contributed by atoms with Gasteiger partial charge in [-0.05, 0) is 99.7 Å². The van der Waals surface area contributed by atoms with Gasteiger partial charge in [-0.1, -0.05) is 61.9 Å². The lowest BCUT2D eigenvalue weighted by atomic mass is 9.79. The zero-order valence-electron chi connectivity index (χ0n) is 28.9. The van der Waals surface area contributed by atoms with Gasteiger partial charge in [-0.15, -0.1) is 0 Å². The normalized spacial score (nSPS) is 15.9. The number of esters is 1. The molecule has 3 aromatic carbocycles. The van der Waals surface area contributed by atoms with Crippen molar-refractivity contribution in [3.05, 3.63) is 96.2 Å². The molecule has 0 unspecified atom stereocenters. The van der Waals surface area contributed by atoms with Crippen molar-refractivity contribution in [3.8, 4) is 5.75 Å². The van der Waals surface area contributed by atoms with Crippen molar-refractivity contribution < 1.29 is 23.9 Å². The summed E-state index contributed by atoms with van der Waals surface area (Å²) in [6, 6.07) is 26.9. The highest BCUT2D eigenvalue weighted by molar-refractivity contribution is 6.02. The minimum absolute atomic E-state index is 0.0393. The molecule has 0 bridgehead atoms. The van der Waals surface area contributed by atoms with E-state index < -0.39 is 0 Å². The van der Waals surface area contributed by atoms with E-state index in [1.54, 1.807) is 17.0 Å². The molecule has 1 aliphatic rings. The molecule has 8 heteroatoms. The third-order valence-electron chi connectivity index (χ3n) is 9.66. The molecule has 1 saturated carbocycles. The number of hydrogen-bond donors (Lipinski definition) is 1. The van der Waals surface area contributed by atoms with Crippen molar-refractivity contribution in [2.45, 2.75) is 84.6 Å². The number of amides is 2. The van der Waals surface area contributed by atoms with Crippen molar-refractivity contribution in [2.75, 3.05) is 18.0 Å². The molecule has 0 aliphatic heterocycles. The smallest absolute Gasteiger partial charge is 0.311 e. The first kappa shape index (κ1) is 35.6. The van der Waals surface area contributed by atoms with E-state index in [4.69, 9.17) is 4.74 Å². The molecule has 0 spiro atoms. The molecule has 2 amide bonds. The van der Waals surface area contributed by atoms with E-state index in [-0.39, 0.29) is 41.9 Å². The van der Waals surface area contributed by atoms with Crippen LogP contribution in [-0.2, 0) is 27.3 Å². The van der Waals surface area contributed by atoms with E-state index in [1.807, 2.05) is 72.2 Å². The Balaban J connectivity index is 1.08. The summed E-state index contributed by atoms with van der Waals surface area (Å²) in [5.74, 6) is 0.556. The lowest BCUT2D eigenvalue weighted by molar-refractivity contribution is -0.134. The molecule has 4 aromatic rings. The number of benzene rings is 3. The van der Waals surface area contributed by atoms with E-state index >= 15 is 0 Å². The number of nitrogens with one attached hydrogen (secondary N) is 1. The van der Waals surface area contributed by atoms with Crippen molar-refractivity contribution in [1.29, 1.82) is 0 Å². The number of hydrogen-bond acceptors (Lipinski definition) is 5. The van der Waals surface area contributed by atoms with E-state index in [2.05, 4.69) is 24.4 Å². The van der Waals surface area contributed by atoms with Crippen LogP contribution >= 0.6 is 0 Å². The fraction of sp³-hybridized carbons (Fsp3) is 0.415. The lowest BCUT2D eigenvalue weighted by Crippen LogP contribution is -2.35. The van der Waals surface area contributed by atoms with E-state index in [1.165, 1.54) is 5.56 Å². The van der Waals surface area contributed by atoms with E-state index in [9.17, 15) is 19.2 Å². The summed E-state index contributed by atoms with van der Waals surface area (Å²) < 4.78 is 7.21. The van der Waals surface area contributed by atoms with Gasteiger partial charge in [0.2, 0.25) is 11.8 Å². The zero-order chi connectivity index (χ0) is 34.6. The van der Waals surface area contributed by atoms with Crippen LogP contribution < -0.4 is 15.0 Å². The van der Waals surface area contributed by atoms with Crippen molar-refractivity contribution in [1.82, 2.24) is 9.88 Å². The van der Waals surface area contributed by atoms with E-state index in [0.29, 0.717) is 37.4 Å². The second kappa shape index (κ2) is 17.6. The van der Waals surface area contributed by atoms with Crippen LogP contribution in [0.1, 0.15) is 87.7 Å². The number of carbonyl (C=O) groups excluding carboxylic acids is 4. The maximum absolute atomic E-state index is 13.8. The predicted molar refractivity (Wildman–Crippen MR) is 194 cm³/mol. The number of likely N-dealkylation sites (N-methyl/N-ethyl adjacent to an activating group) is 1. The van der Waals surface area contributed by atoms with Gasteiger partial charge in [0.1, 0.15) is 12.3 Å². The van der Waals surface area contributed by atoms with Crippen LogP contribution in [0.2, 0.25) is 0 Å². The summed E-state index contributed by atoms with van der Waals surface area (Å²) in [5, 5.41) is 4.02. The van der Waals surface area contributed by atoms with Gasteiger partial charge in [0.15, 0.2) is 5.78 Å². The Morgan fingerprint density at radius 1 is 0.837 bits per heavy atom. The molecule has 1 fully saturated rings. The van der Waals surface area contributed by atoms with Crippen LogP contribution in [0.3, 0.4) is 0 Å². The molecule has 8 nitrogen and oxygen atoms in total. The quantitative estimate of drug-likeness (QED) is 0.0569. The zero-order valence-corrected chi connectivity index (χ0v) is 28.9. The van der Waals surface area contributed by atoms with Gasteiger partial charge in [0, 0.05) is 48.4 Å². The number of ketones is 1. The summed E-state index contributed by atoms with van der Waals surface area (Å²) in [7, 11) is 0. The van der Waals surface area contributed by atoms with Crippen LogP contribution in [-0.4, -0.2) is 41.2 Å². The molecule has 0 radical (unpaired) electrons. The molecule has 0 saturated heterocycles. The summed E-state index contributed by atoms with van der Waals surface area (Å²) >= 11 is 0. The molecular formula is C41H49N3O5. The molecule has 1 N–H and O–H groups in total. The number of unbranched alkanes of at least 4 members (excludes halogenated alkanes) is 2. The Kier molecular flexibility index (Phi) is 12.8. The number of nitrogens with zero attached hydrogens (tertiary/aromatic N) is 2. The number of aryl methyl sites for hydroxylation is 1. The second-order valence-corrected chi connectivity index (χ2v) is 13.1. The van der Waals surface area contributed by atoms with Crippen LogP contribution in [0.5, 0.6) is 5.75 Å². The first-order valence-electron chi connectivity index (χ1n) is 17.9. The summed E-state index contributed by atoms with van der Waals surface area (Å²) in [6.07, 6.45) is 7.19. The second-order valence-electron chi connectivity index (χ2n) is 13.1. The third-order valence-corrected chi connectivity index (χ3v) is 9.66.